The van der Waals surface area contributed by atoms with Crippen LogP contribution in [0.25, 0.3) is 0 Å². The smallest absolute Gasteiger partial charge is 0.304 e. The Hall–Kier alpha value is -1.64. The summed E-state index contributed by atoms with van der Waals surface area (Å²) in [7, 11) is 0. The summed E-state index contributed by atoms with van der Waals surface area (Å²) in [6.45, 7) is 9.40. The summed E-state index contributed by atoms with van der Waals surface area (Å²) in [5.41, 5.74) is 1.75. The summed E-state index contributed by atoms with van der Waals surface area (Å²) in [5.74, 6) is -0.708. The molecule has 1 N–H and O–H groups in total. The minimum absolute atomic E-state index is 0.102. The maximum absolute atomic E-state index is 12.5. The summed E-state index contributed by atoms with van der Waals surface area (Å²) in [5, 5.41) is 8.90. The van der Waals surface area contributed by atoms with Crippen molar-refractivity contribution in [3.63, 3.8) is 0 Å². The summed E-state index contributed by atoms with van der Waals surface area (Å²) >= 11 is 0. The zero-order valence-electron chi connectivity index (χ0n) is 12.3. The zero-order valence-corrected chi connectivity index (χ0v) is 12.3. The highest BCUT2D eigenvalue weighted by Crippen LogP contribution is 2.29. The fraction of sp³-hybridized carbons (Fsp3) is 0.500. The zero-order chi connectivity index (χ0) is 14.8. The second-order valence-electron chi connectivity index (χ2n) is 6.01. The van der Waals surface area contributed by atoms with Crippen molar-refractivity contribution >= 4 is 11.8 Å². The van der Waals surface area contributed by atoms with Crippen molar-refractivity contribution < 1.29 is 14.7 Å². The molecule has 0 aromatic heterocycles. The number of aryl methyl sites for hydroxylation is 1. The fourth-order valence-corrected chi connectivity index (χ4v) is 2.07. The molecular weight excluding hydrogens is 240 g/mol. The lowest BCUT2D eigenvalue weighted by molar-refractivity contribution is -0.138. The van der Waals surface area contributed by atoms with Crippen LogP contribution in [0.4, 0.5) is 0 Å². The lowest BCUT2D eigenvalue weighted by atomic mass is 9.79. The molecule has 0 fully saturated rings. The van der Waals surface area contributed by atoms with Gasteiger partial charge in [0.05, 0.1) is 6.42 Å². The molecule has 0 amide bonds. The van der Waals surface area contributed by atoms with Crippen molar-refractivity contribution in [2.75, 3.05) is 0 Å². The third kappa shape index (κ3) is 3.66. The third-order valence-corrected chi connectivity index (χ3v) is 3.38. The van der Waals surface area contributed by atoms with Gasteiger partial charge in [-0.25, -0.2) is 0 Å². The highest BCUT2D eigenvalue weighted by atomic mass is 16.4. The van der Waals surface area contributed by atoms with Gasteiger partial charge in [0.15, 0.2) is 5.78 Å². The predicted octanol–water partition coefficient (Wildman–Crippen LogP) is 3.80. The first-order valence-electron chi connectivity index (χ1n) is 6.52. The van der Waals surface area contributed by atoms with Crippen molar-refractivity contribution in [3.8, 4) is 0 Å². The second kappa shape index (κ2) is 5.55. The molecule has 0 radical (unpaired) electrons. The lowest BCUT2D eigenvalue weighted by Gasteiger charge is -2.22. The van der Waals surface area contributed by atoms with Crippen molar-refractivity contribution in [2.24, 2.45) is 5.41 Å². The van der Waals surface area contributed by atoms with Gasteiger partial charge in [-0.1, -0.05) is 39.8 Å². The van der Waals surface area contributed by atoms with Gasteiger partial charge < -0.3 is 5.11 Å². The van der Waals surface area contributed by atoms with Gasteiger partial charge >= 0.3 is 5.97 Å². The molecule has 0 aliphatic carbocycles. The van der Waals surface area contributed by atoms with E-state index in [1.54, 1.807) is 13.8 Å². The topological polar surface area (TPSA) is 54.4 Å². The highest BCUT2D eigenvalue weighted by molar-refractivity contribution is 6.02. The first-order valence-corrected chi connectivity index (χ1v) is 6.52. The molecule has 0 atom stereocenters. The second-order valence-corrected chi connectivity index (χ2v) is 6.01. The molecule has 0 aliphatic rings. The normalized spacial score (nSPS) is 11.7. The number of Topliss-reactive ketones (excluding diaryl/α,β-unsaturated/α-hetero) is 1. The number of carbonyl (C=O) groups is 2. The van der Waals surface area contributed by atoms with Crippen molar-refractivity contribution in [1.29, 1.82) is 0 Å². The van der Waals surface area contributed by atoms with Crippen LogP contribution < -0.4 is 0 Å². The Morgan fingerprint density at radius 2 is 1.84 bits per heavy atom. The Bertz CT molecular complexity index is 499. The van der Waals surface area contributed by atoms with Gasteiger partial charge in [0.2, 0.25) is 0 Å². The van der Waals surface area contributed by atoms with Crippen molar-refractivity contribution in [3.05, 3.63) is 34.9 Å². The number of hydrogen-bond acceptors (Lipinski definition) is 2. The monoisotopic (exact) mass is 262 g/mol. The van der Waals surface area contributed by atoms with E-state index in [9.17, 15) is 9.59 Å². The Labute approximate surface area is 114 Å². The van der Waals surface area contributed by atoms with Crippen LogP contribution >= 0.6 is 0 Å². The molecule has 0 unspecified atom stereocenters. The largest absolute Gasteiger partial charge is 0.481 e. The predicted molar refractivity (Wildman–Crippen MR) is 75.6 cm³/mol. The van der Waals surface area contributed by atoms with Gasteiger partial charge in [0, 0.05) is 11.0 Å². The number of carboxylic acid groups (broad SMARTS) is 1. The van der Waals surface area contributed by atoms with E-state index < -0.39 is 11.4 Å². The van der Waals surface area contributed by atoms with Gasteiger partial charge in [-0.15, -0.1) is 0 Å². The number of hydrogen-bond donors (Lipinski definition) is 1. The molecule has 1 aromatic carbocycles. The van der Waals surface area contributed by atoms with Gasteiger partial charge in [-0.3, -0.25) is 9.59 Å². The van der Waals surface area contributed by atoms with Crippen LogP contribution in [0, 0.1) is 12.3 Å². The first kappa shape index (κ1) is 15.4. The molecular formula is C16H22O3. The van der Waals surface area contributed by atoms with Crippen LogP contribution in [0.1, 0.15) is 61.5 Å². The number of rotatable bonds is 5. The van der Waals surface area contributed by atoms with E-state index in [2.05, 4.69) is 13.8 Å². The van der Waals surface area contributed by atoms with Crippen LogP contribution in [0.15, 0.2) is 18.2 Å². The molecule has 19 heavy (non-hydrogen) atoms. The van der Waals surface area contributed by atoms with Crippen molar-refractivity contribution in [1.82, 2.24) is 0 Å². The molecule has 104 valence electrons. The van der Waals surface area contributed by atoms with Gasteiger partial charge in [0.25, 0.3) is 0 Å². The van der Waals surface area contributed by atoms with Crippen LogP contribution in [-0.2, 0) is 4.79 Å². The lowest BCUT2D eigenvalue weighted by Crippen LogP contribution is -2.28. The van der Waals surface area contributed by atoms with Gasteiger partial charge in [-0.2, -0.15) is 0 Å². The molecule has 0 bridgehead atoms. The van der Waals surface area contributed by atoms with Crippen molar-refractivity contribution in [2.45, 2.75) is 47.0 Å². The first-order chi connectivity index (χ1) is 8.65. The SMILES string of the molecule is Cc1ccc(C(C)C)cc1C(=O)C(C)(C)CC(=O)O. The van der Waals surface area contributed by atoms with E-state index in [-0.39, 0.29) is 12.2 Å². The summed E-state index contributed by atoms with van der Waals surface area (Å²) < 4.78 is 0. The highest BCUT2D eigenvalue weighted by Gasteiger charge is 2.32. The Kier molecular flexibility index (Phi) is 4.51. The van der Waals surface area contributed by atoms with Gasteiger partial charge in [0.1, 0.15) is 0 Å². The van der Waals surface area contributed by atoms with Crippen LogP contribution in [0.3, 0.4) is 0 Å². The molecule has 3 heteroatoms. The number of ketones is 1. The average Bonchev–Trinajstić information content (AvgIpc) is 2.26. The molecule has 0 saturated heterocycles. The van der Waals surface area contributed by atoms with Crippen LogP contribution in [0.2, 0.25) is 0 Å². The van der Waals surface area contributed by atoms with E-state index in [1.807, 2.05) is 25.1 Å². The minimum atomic E-state index is -0.948. The Balaban J connectivity index is 3.18. The third-order valence-electron chi connectivity index (χ3n) is 3.38. The molecule has 0 saturated carbocycles. The molecule has 0 aliphatic heterocycles. The Morgan fingerprint density at radius 1 is 1.26 bits per heavy atom. The molecule has 0 heterocycles. The number of carbonyl (C=O) groups excluding carboxylic acids is 1. The summed E-state index contributed by atoms with van der Waals surface area (Å²) in [6, 6.07) is 5.84. The van der Waals surface area contributed by atoms with E-state index in [4.69, 9.17) is 5.11 Å². The van der Waals surface area contributed by atoms with E-state index >= 15 is 0 Å². The summed E-state index contributed by atoms with van der Waals surface area (Å²) in [6.07, 6.45) is -0.156. The maximum atomic E-state index is 12.5. The number of benzene rings is 1. The molecule has 1 rings (SSSR count). The van der Waals surface area contributed by atoms with E-state index in [0.717, 1.165) is 11.1 Å². The average molecular weight is 262 g/mol. The molecule has 3 nitrogen and oxygen atoms in total. The standard InChI is InChI=1S/C16H22O3/c1-10(2)12-7-6-11(3)13(8-12)15(19)16(4,5)9-14(17)18/h6-8,10H,9H2,1-5H3,(H,17,18). The van der Waals surface area contributed by atoms with E-state index in [1.165, 1.54) is 0 Å². The van der Waals surface area contributed by atoms with E-state index in [0.29, 0.717) is 11.5 Å². The number of aliphatic carboxylic acids is 1. The minimum Gasteiger partial charge on any atom is -0.481 e. The van der Waals surface area contributed by atoms with Crippen LogP contribution in [-0.4, -0.2) is 16.9 Å². The van der Waals surface area contributed by atoms with Gasteiger partial charge in [-0.05, 0) is 30.0 Å². The van der Waals surface area contributed by atoms with Crippen LogP contribution in [0.5, 0.6) is 0 Å². The molecule has 0 spiro atoms. The summed E-state index contributed by atoms with van der Waals surface area (Å²) in [4.78, 5) is 23.4. The maximum Gasteiger partial charge on any atom is 0.304 e. The fourth-order valence-electron chi connectivity index (χ4n) is 2.07. The quantitative estimate of drug-likeness (QED) is 0.821. The molecule has 1 aromatic rings. The number of carboxylic acids is 1. The Morgan fingerprint density at radius 3 is 2.32 bits per heavy atom.